The van der Waals surface area contributed by atoms with Gasteiger partial charge in [0.25, 0.3) is 0 Å². The summed E-state index contributed by atoms with van der Waals surface area (Å²) in [6.45, 7) is 10.1. The topological polar surface area (TPSA) is 12.5 Å². The number of halogens is 1. The van der Waals surface area contributed by atoms with Crippen molar-refractivity contribution in [3.05, 3.63) is 59.1 Å². The van der Waals surface area contributed by atoms with Crippen molar-refractivity contribution in [1.82, 2.24) is 4.90 Å². The zero-order chi connectivity index (χ0) is 16.7. The molecular weight excluding hydrogens is 306 g/mol. The second kappa shape index (κ2) is 8.95. The maximum Gasteiger partial charge on any atom is 0.127 e. The van der Waals surface area contributed by atoms with Crippen LogP contribution in [0.15, 0.2) is 48.5 Å². The molecule has 1 atom stereocenters. The Morgan fingerprint density at radius 3 is 1.96 bits per heavy atom. The van der Waals surface area contributed by atoms with Gasteiger partial charge in [-0.15, -0.1) is 0 Å². The third-order valence-corrected chi connectivity index (χ3v) is 4.52. The van der Waals surface area contributed by atoms with E-state index in [4.69, 9.17) is 16.3 Å². The summed E-state index contributed by atoms with van der Waals surface area (Å²) in [4.78, 5) is 2.47. The Morgan fingerprint density at radius 1 is 0.913 bits per heavy atom. The van der Waals surface area contributed by atoms with Crippen molar-refractivity contribution in [3.63, 3.8) is 0 Å². The molecule has 23 heavy (non-hydrogen) atoms. The summed E-state index contributed by atoms with van der Waals surface area (Å²) in [5.41, 5.74) is 1.36. The summed E-state index contributed by atoms with van der Waals surface area (Å²) < 4.78 is 5.83. The average molecular weight is 332 g/mol. The van der Waals surface area contributed by atoms with Gasteiger partial charge in [0.1, 0.15) is 11.5 Å². The molecule has 0 bridgehead atoms. The standard InChI is InChI=1S/C20H26ClNO/c1-4-22(5-2)15-14-16(3)17-6-10-19(11-7-17)23-20-12-8-18(21)9-13-20/h6-13,16H,4-5,14-15H2,1-3H3. The number of rotatable bonds is 8. The van der Waals surface area contributed by atoms with Crippen molar-refractivity contribution in [1.29, 1.82) is 0 Å². The van der Waals surface area contributed by atoms with Crippen LogP contribution >= 0.6 is 11.6 Å². The summed E-state index contributed by atoms with van der Waals surface area (Å²) >= 11 is 5.88. The van der Waals surface area contributed by atoms with Gasteiger partial charge >= 0.3 is 0 Å². The zero-order valence-electron chi connectivity index (χ0n) is 14.3. The summed E-state index contributed by atoms with van der Waals surface area (Å²) in [5.74, 6) is 2.21. The lowest BCUT2D eigenvalue weighted by Crippen LogP contribution is -2.24. The van der Waals surface area contributed by atoms with Crippen LogP contribution in [0.25, 0.3) is 0 Å². The molecule has 2 rings (SSSR count). The van der Waals surface area contributed by atoms with Gasteiger partial charge in [-0.25, -0.2) is 0 Å². The van der Waals surface area contributed by atoms with Gasteiger partial charge in [-0.05, 0) is 73.9 Å². The fraction of sp³-hybridized carbons (Fsp3) is 0.400. The molecule has 1 unspecified atom stereocenters. The molecule has 3 heteroatoms. The van der Waals surface area contributed by atoms with E-state index in [1.54, 1.807) is 0 Å². The molecule has 2 nitrogen and oxygen atoms in total. The minimum Gasteiger partial charge on any atom is -0.457 e. The van der Waals surface area contributed by atoms with Gasteiger partial charge in [0.2, 0.25) is 0 Å². The van der Waals surface area contributed by atoms with E-state index in [1.807, 2.05) is 36.4 Å². The first kappa shape index (κ1) is 17.8. The van der Waals surface area contributed by atoms with Crippen LogP contribution in [0.4, 0.5) is 0 Å². The van der Waals surface area contributed by atoms with E-state index in [9.17, 15) is 0 Å². The highest BCUT2D eigenvalue weighted by molar-refractivity contribution is 6.30. The Morgan fingerprint density at radius 2 is 1.43 bits per heavy atom. The molecule has 0 aliphatic rings. The van der Waals surface area contributed by atoms with Gasteiger partial charge in [0.15, 0.2) is 0 Å². The molecule has 0 heterocycles. The molecule has 0 saturated heterocycles. The molecule has 2 aromatic rings. The Hall–Kier alpha value is -1.51. The lowest BCUT2D eigenvalue weighted by Gasteiger charge is -2.20. The Balaban J connectivity index is 1.92. The minimum absolute atomic E-state index is 0.556. The highest BCUT2D eigenvalue weighted by atomic mass is 35.5. The monoisotopic (exact) mass is 331 g/mol. The molecule has 0 amide bonds. The van der Waals surface area contributed by atoms with Crippen LogP contribution in [-0.2, 0) is 0 Å². The average Bonchev–Trinajstić information content (AvgIpc) is 2.58. The number of hydrogen-bond donors (Lipinski definition) is 0. The van der Waals surface area contributed by atoms with Gasteiger partial charge in [0, 0.05) is 5.02 Å². The number of hydrogen-bond acceptors (Lipinski definition) is 2. The fourth-order valence-electron chi connectivity index (χ4n) is 2.59. The molecule has 0 aliphatic heterocycles. The molecule has 0 aromatic heterocycles. The zero-order valence-corrected chi connectivity index (χ0v) is 15.0. The Bertz CT molecular complexity index is 576. The van der Waals surface area contributed by atoms with E-state index in [-0.39, 0.29) is 0 Å². The van der Waals surface area contributed by atoms with E-state index in [2.05, 4.69) is 37.8 Å². The predicted octanol–water partition coefficient (Wildman–Crippen LogP) is 5.97. The Labute approximate surface area is 145 Å². The SMILES string of the molecule is CCN(CC)CCC(C)c1ccc(Oc2ccc(Cl)cc2)cc1. The lowest BCUT2D eigenvalue weighted by molar-refractivity contribution is 0.292. The molecule has 2 aromatic carbocycles. The Kier molecular flexibility index (Phi) is 6.94. The van der Waals surface area contributed by atoms with Gasteiger partial charge in [-0.1, -0.05) is 44.5 Å². The third kappa shape index (κ3) is 5.56. The van der Waals surface area contributed by atoms with Crippen LogP contribution in [-0.4, -0.2) is 24.5 Å². The quantitative estimate of drug-likeness (QED) is 0.591. The van der Waals surface area contributed by atoms with Crippen LogP contribution in [0.1, 0.15) is 38.7 Å². The third-order valence-electron chi connectivity index (χ3n) is 4.27. The van der Waals surface area contributed by atoms with E-state index in [0.717, 1.165) is 36.2 Å². The molecular formula is C20H26ClNO. The predicted molar refractivity (Wildman–Crippen MR) is 98.8 cm³/mol. The smallest absolute Gasteiger partial charge is 0.127 e. The van der Waals surface area contributed by atoms with E-state index in [0.29, 0.717) is 5.92 Å². The van der Waals surface area contributed by atoms with E-state index < -0.39 is 0 Å². The molecule has 0 saturated carbocycles. The number of benzene rings is 2. The first-order chi connectivity index (χ1) is 11.1. The molecule has 0 spiro atoms. The number of ether oxygens (including phenoxy) is 1. The lowest BCUT2D eigenvalue weighted by atomic mass is 9.97. The van der Waals surface area contributed by atoms with Gasteiger partial charge in [-0.2, -0.15) is 0 Å². The normalized spacial score (nSPS) is 12.4. The summed E-state index contributed by atoms with van der Waals surface area (Å²) in [6, 6.07) is 15.8. The van der Waals surface area contributed by atoms with Crippen LogP contribution in [0.5, 0.6) is 11.5 Å². The molecule has 0 radical (unpaired) electrons. The summed E-state index contributed by atoms with van der Waals surface area (Å²) in [7, 11) is 0. The van der Waals surface area contributed by atoms with Gasteiger partial charge < -0.3 is 9.64 Å². The molecule has 0 aliphatic carbocycles. The summed E-state index contributed by atoms with van der Waals surface area (Å²) in [5, 5.41) is 0.717. The maximum atomic E-state index is 5.88. The highest BCUT2D eigenvalue weighted by Crippen LogP contribution is 2.26. The van der Waals surface area contributed by atoms with Crippen LogP contribution < -0.4 is 4.74 Å². The van der Waals surface area contributed by atoms with E-state index >= 15 is 0 Å². The molecule has 124 valence electrons. The molecule has 0 fully saturated rings. The molecule has 0 N–H and O–H groups in total. The second-order valence-electron chi connectivity index (χ2n) is 5.84. The number of nitrogens with zero attached hydrogens (tertiary/aromatic N) is 1. The van der Waals surface area contributed by atoms with Gasteiger partial charge in [0.05, 0.1) is 0 Å². The largest absolute Gasteiger partial charge is 0.457 e. The van der Waals surface area contributed by atoms with E-state index in [1.165, 1.54) is 12.0 Å². The minimum atomic E-state index is 0.556. The fourth-order valence-corrected chi connectivity index (χ4v) is 2.71. The van der Waals surface area contributed by atoms with Crippen LogP contribution in [0.3, 0.4) is 0 Å². The summed E-state index contributed by atoms with van der Waals surface area (Å²) in [6.07, 6.45) is 1.18. The van der Waals surface area contributed by atoms with Crippen molar-refractivity contribution in [2.45, 2.75) is 33.1 Å². The van der Waals surface area contributed by atoms with Crippen LogP contribution in [0.2, 0.25) is 5.02 Å². The van der Waals surface area contributed by atoms with Crippen LogP contribution in [0, 0.1) is 0 Å². The van der Waals surface area contributed by atoms with Gasteiger partial charge in [-0.3, -0.25) is 0 Å². The maximum absolute atomic E-state index is 5.88. The van der Waals surface area contributed by atoms with Crippen molar-refractivity contribution in [2.24, 2.45) is 0 Å². The van der Waals surface area contributed by atoms with Crippen molar-refractivity contribution in [3.8, 4) is 11.5 Å². The van der Waals surface area contributed by atoms with Crippen molar-refractivity contribution >= 4 is 11.6 Å². The van der Waals surface area contributed by atoms with Crippen molar-refractivity contribution in [2.75, 3.05) is 19.6 Å². The first-order valence-corrected chi connectivity index (χ1v) is 8.76. The highest BCUT2D eigenvalue weighted by Gasteiger charge is 2.08. The van der Waals surface area contributed by atoms with Crippen molar-refractivity contribution < 1.29 is 4.74 Å². The second-order valence-corrected chi connectivity index (χ2v) is 6.28. The first-order valence-electron chi connectivity index (χ1n) is 8.38.